The molecule has 140 valence electrons. The van der Waals surface area contributed by atoms with Crippen molar-refractivity contribution >= 4 is 23.1 Å². The van der Waals surface area contributed by atoms with Crippen LogP contribution in [0.4, 0.5) is 21.9 Å². The third-order valence-corrected chi connectivity index (χ3v) is 4.71. The number of benzene rings is 1. The molecule has 0 bridgehead atoms. The predicted octanol–water partition coefficient (Wildman–Crippen LogP) is 0.650. The number of amides is 2. The number of urea groups is 1. The number of non-ortho nitro benzene ring substituents is 1. The van der Waals surface area contributed by atoms with E-state index in [-0.39, 0.29) is 17.4 Å². The standard InChI is InChI=1S/C15H20N6O5/c22-15-16-3-4-19(15)10-7-17-5-8-18(9-6-17)13-2-1-12(20(23)24)11-14(13)21(25)26/h1-2,11H,3-10H2,(H,16,22). The highest BCUT2D eigenvalue weighted by atomic mass is 16.6. The maximum Gasteiger partial charge on any atom is 0.317 e. The number of hydrogen-bond donors (Lipinski definition) is 1. The Balaban J connectivity index is 1.60. The molecule has 0 atom stereocenters. The molecule has 26 heavy (non-hydrogen) atoms. The molecular weight excluding hydrogens is 344 g/mol. The van der Waals surface area contributed by atoms with Crippen LogP contribution in [-0.2, 0) is 0 Å². The Hall–Kier alpha value is -2.95. The second-order valence-corrected chi connectivity index (χ2v) is 6.23. The van der Waals surface area contributed by atoms with Crippen molar-refractivity contribution in [1.82, 2.24) is 15.1 Å². The van der Waals surface area contributed by atoms with Crippen LogP contribution in [-0.4, -0.2) is 78.0 Å². The summed E-state index contributed by atoms with van der Waals surface area (Å²) in [5.74, 6) is 0. The van der Waals surface area contributed by atoms with Gasteiger partial charge in [0.2, 0.25) is 0 Å². The first-order valence-electron chi connectivity index (χ1n) is 8.38. The van der Waals surface area contributed by atoms with Crippen molar-refractivity contribution in [1.29, 1.82) is 0 Å². The number of rotatable bonds is 6. The first kappa shape index (κ1) is 17.9. The van der Waals surface area contributed by atoms with E-state index in [1.54, 1.807) is 4.90 Å². The van der Waals surface area contributed by atoms with Gasteiger partial charge in [0.05, 0.1) is 15.9 Å². The lowest BCUT2D eigenvalue weighted by Crippen LogP contribution is -2.48. The van der Waals surface area contributed by atoms with Gasteiger partial charge < -0.3 is 15.1 Å². The monoisotopic (exact) mass is 364 g/mol. The van der Waals surface area contributed by atoms with Crippen molar-refractivity contribution in [2.75, 3.05) is 57.3 Å². The Kier molecular flexibility index (Phi) is 5.16. The van der Waals surface area contributed by atoms with Crippen LogP contribution < -0.4 is 10.2 Å². The Labute approximate surface area is 149 Å². The van der Waals surface area contributed by atoms with Crippen LogP contribution in [0.3, 0.4) is 0 Å². The molecule has 2 aliphatic heterocycles. The SMILES string of the molecule is O=C1NCCN1CCN1CCN(c2ccc([N+](=O)[O-])cc2[N+](=O)[O-])CC1. The minimum Gasteiger partial charge on any atom is -0.363 e. The van der Waals surface area contributed by atoms with Crippen LogP contribution in [0, 0.1) is 20.2 Å². The number of carbonyl (C=O) groups excluding carboxylic acids is 1. The molecule has 0 spiro atoms. The van der Waals surface area contributed by atoms with Crippen LogP contribution in [0.25, 0.3) is 0 Å². The summed E-state index contributed by atoms with van der Waals surface area (Å²) in [4.78, 5) is 38.3. The van der Waals surface area contributed by atoms with Crippen molar-refractivity contribution in [3.63, 3.8) is 0 Å². The third-order valence-electron chi connectivity index (χ3n) is 4.71. The number of hydrogen-bond acceptors (Lipinski definition) is 7. The van der Waals surface area contributed by atoms with Gasteiger partial charge in [-0.05, 0) is 6.07 Å². The Morgan fingerprint density at radius 2 is 1.73 bits per heavy atom. The van der Waals surface area contributed by atoms with E-state index in [2.05, 4.69) is 10.2 Å². The van der Waals surface area contributed by atoms with E-state index >= 15 is 0 Å². The summed E-state index contributed by atoms with van der Waals surface area (Å²) < 4.78 is 0. The van der Waals surface area contributed by atoms with Gasteiger partial charge in [0.1, 0.15) is 5.69 Å². The zero-order valence-corrected chi connectivity index (χ0v) is 14.2. The molecule has 0 aliphatic carbocycles. The average Bonchev–Trinajstić information content (AvgIpc) is 3.04. The molecule has 0 unspecified atom stereocenters. The fraction of sp³-hybridized carbons (Fsp3) is 0.533. The minimum atomic E-state index is -0.636. The molecule has 11 heteroatoms. The van der Waals surface area contributed by atoms with Gasteiger partial charge >= 0.3 is 6.03 Å². The van der Waals surface area contributed by atoms with E-state index < -0.39 is 9.85 Å². The van der Waals surface area contributed by atoms with E-state index in [1.165, 1.54) is 12.1 Å². The summed E-state index contributed by atoms with van der Waals surface area (Å²) in [6, 6.07) is 3.71. The summed E-state index contributed by atoms with van der Waals surface area (Å²) >= 11 is 0. The fourth-order valence-corrected chi connectivity index (χ4v) is 3.24. The van der Waals surface area contributed by atoms with E-state index in [1.807, 2.05) is 4.90 Å². The van der Waals surface area contributed by atoms with Gasteiger partial charge in [-0.3, -0.25) is 25.1 Å². The summed E-state index contributed by atoms with van der Waals surface area (Å²) in [7, 11) is 0. The van der Waals surface area contributed by atoms with Gasteiger partial charge in [-0.25, -0.2) is 4.79 Å². The van der Waals surface area contributed by atoms with Gasteiger partial charge in [-0.15, -0.1) is 0 Å². The first-order chi connectivity index (χ1) is 12.5. The van der Waals surface area contributed by atoms with Crippen molar-refractivity contribution in [3.8, 4) is 0 Å². The molecule has 1 aromatic rings. The van der Waals surface area contributed by atoms with Crippen molar-refractivity contribution in [2.45, 2.75) is 0 Å². The molecule has 1 aromatic carbocycles. The summed E-state index contributed by atoms with van der Waals surface area (Å²) in [6.07, 6.45) is 0. The molecule has 0 saturated carbocycles. The molecule has 2 heterocycles. The van der Waals surface area contributed by atoms with Crippen molar-refractivity contribution in [2.24, 2.45) is 0 Å². The molecule has 0 radical (unpaired) electrons. The van der Waals surface area contributed by atoms with Crippen LogP contribution in [0.1, 0.15) is 0 Å². The molecular formula is C15H20N6O5. The van der Waals surface area contributed by atoms with Gasteiger partial charge in [-0.1, -0.05) is 0 Å². The van der Waals surface area contributed by atoms with Gasteiger partial charge in [0, 0.05) is 58.4 Å². The number of nitro benzene ring substituents is 2. The number of carbonyl (C=O) groups is 1. The van der Waals surface area contributed by atoms with E-state index in [0.29, 0.717) is 51.5 Å². The van der Waals surface area contributed by atoms with Crippen LogP contribution in [0.15, 0.2) is 18.2 Å². The molecule has 0 aromatic heterocycles. The maximum atomic E-state index is 11.5. The van der Waals surface area contributed by atoms with Gasteiger partial charge in [-0.2, -0.15) is 0 Å². The molecule has 3 rings (SSSR count). The maximum absolute atomic E-state index is 11.5. The summed E-state index contributed by atoms with van der Waals surface area (Å²) in [5.41, 5.74) is -0.136. The van der Waals surface area contributed by atoms with E-state index in [9.17, 15) is 25.0 Å². The van der Waals surface area contributed by atoms with Gasteiger partial charge in [0.15, 0.2) is 0 Å². The molecule has 1 N–H and O–H groups in total. The lowest BCUT2D eigenvalue weighted by Gasteiger charge is -2.36. The normalized spacial score (nSPS) is 18.1. The molecule has 2 amide bonds. The average molecular weight is 364 g/mol. The Morgan fingerprint density at radius 1 is 1.00 bits per heavy atom. The Morgan fingerprint density at radius 3 is 2.31 bits per heavy atom. The number of anilines is 1. The minimum absolute atomic E-state index is 0.0369. The van der Waals surface area contributed by atoms with Crippen LogP contribution in [0.2, 0.25) is 0 Å². The Bertz CT molecular complexity index is 718. The van der Waals surface area contributed by atoms with Crippen LogP contribution in [0.5, 0.6) is 0 Å². The topological polar surface area (TPSA) is 125 Å². The van der Waals surface area contributed by atoms with Crippen LogP contribution >= 0.6 is 0 Å². The molecule has 2 saturated heterocycles. The first-order valence-corrected chi connectivity index (χ1v) is 8.38. The largest absolute Gasteiger partial charge is 0.363 e. The van der Waals surface area contributed by atoms with E-state index in [0.717, 1.165) is 12.6 Å². The smallest absolute Gasteiger partial charge is 0.317 e. The predicted molar refractivity (Wildman–Crippen MR) is 93.4 cm³/mol. The fourth-order valence-electron chi connectivity index (χ4n) is 3.24. The summed E-state index contributed by atoms with van der Waals surface area (Å²) in [5, 5.41) is 24.9. The number of nitro groups is 2. The van der Waals surface area contributed by atoms with Crippen molar-refractivity contribution in [3.05, 3.63) is 38.4 Å². The summed E-state index contributed by atoms with van der Waals surface area (Å²) in [6.45, 7) is 5.40. The quantitative estimate of drug-likeness (QED) is 0.580. The lowest BCUT2D eigenvalue weighted by atomic mass is 10.2. The molecule has 2 fully saturated rings. The van der Waals surface area contributed by atoms with E-state index in [4.69, 9.17) is 0 Å². The zero-order chi connectivity index (χ0) is 18.7. The zero-order valence-electron chi connectivity index (χ0n) is 14.2. The van der Waals surface area contributed by atoms with Gasteiger partial charge in [0.25, 0.3) is 11.4 Å². The molecule has 11 nitrogen and oxygen atoms in total. The highest BCUT2D eigenvalue weighted by Crippen LogP contribution is 2.32. The lowest BCUT2D eigenvalue weighted by molar-refractivity contribution is -0.393. The second kappa shape index (κ2) is 7.52. The number of nitrogens with zero attached hydrogens (tertiary/aromatic N) is 5. The second-order valence-electron chi connectivity index (χ2n) is 6.23. The molecule has 2 aliphatic rings. The highest BCUT2D eigenvalue weighted by molar-refractivity contribution is 5.76. The number of piperazine rings is 1. The number of nitrogens with one attached hydrogen (secondary N) is 1. The third kappa shape index (κ3) is 3.82. The van der Waals surface area contributed by atoms with Crippen molar-refractivity contribution < 1.29 is 14.6 Å². The highest BCUT2D eigenvalue weighted by Gasteiger charge is 2.27.